The first-order chi connectivity index (χ1) is 15.1. The minimum atomic E-state index is -4.15. The van der Waals surface area contributed by atoms with Gasteiger partial charge in [0.15, 0.2) is 0 Å². The lowest BCUT2D eigenvalue weighted by Gasteiger charge is -2.16. The zero-order valence-electron chi connectivity index (χ0n) is 19.7. The second-order valence-corrected chi connectivity index (χ2v) is 9.54. The average molecular weight is 466 g/mol. The van der Waals surface area contributed by atoms with Gasteiger partial charge >= 0.3 is 7.82 Å². The monoisotopic (exact) mass is 465 g/mol. The van der Waals surface area contributed by atoms with Gasteiger partial charge in [0.2, 0.25) is 0 Å². The second kappa shape index (κ2) is 22.8. The minimum Gasteiger partial charge on any atom is -0.494 e. The van der Waals surface area contributed by atoms with Gasteiger partial charge in [-0.05, 0) is 18.9 Å². The number of unbranched alkanes of at least 4 members (excludes halogenated alkanes) is 14. The lowest BCUT2D eigenvalue weighted by Crippen LogP contribution is -2.22. The molecule has 0 heterocycles. The lowest BCUT2D eigenvalue weighted by atomic mass is 10.0. The van der Waals surface area contributed by atoms with E-state index in [-0.39, 0.29) is 26.4 Å². The second-order valence-electron chi connectivity index (χ2n) is 8.08. The van der Waals surface area contributed by atoms with Crippen LogP contribution in [-0.2, 0) is 18.3 Å². The average Bonchev–Trinajstić information content (AvgIpc) is 2.76. The summed E-state index contributed by atoms with van der Waals surface area (Å²) in [7, 11) is -4.15. The molecule has 0 saturated heterocycles. The summed E-state index contributed by atoms with van der Waals surface area (Å²) in [5.74, 6) is 0. The molecule has 0 aliphatic heterocycles. The summed E-state index contributed by atoms with van der Waals surface area (Å²) >= 11 is 0. The summed E-state index contributed by atoms with van der Waals surface area (Å²) in [6.45, 7) is 1.75. The van der Waals surface area contributed by atoms with Gasteiger partial charge in [0.25, 0.3) is 0 Å². The fourth-order valence-electron chi connectivity index (χ4n) is 3.21. The van der Waals surface area contributed by atoms with Crippen LogP contribution in [0.1, 0.15) is 103 Å². The Morgan fingerprint density at radius 3 is 1.87 bits per heavy atom. The molecule has 0 spiro atoms. The molecule has 0 aliphatic rings. The summed E-state index contributed by atoms with van der Waals surface area (Å²) in [5.41, 5.74) is 5.21. The van der Waals surface area contributed by atoms with Crippen molar-refractivity contribution < 1.29 is 28.3 Å². The molecule has 0 saturated carbocycles. The molecule has 0 amide bonds. The van der Waals surface area contributed by atoms with Crippen molar-refractivity contribution in [3.8, 4) is 0 Å². The Balaban J connectivity index is 3.48. The van der Waals surface area contributed by atoms with Crippen LogP contribution in [0.2, 0.25) is 0 Å². The van der Waals surface area contributed by atoms with Crippen LogP contribution in [0.5, 0.6) is 0 Å². The molecule has 2 atom stereocenters. The van der Waals surface area contributed by atoms with Crippen molar-refractivity contribution in [2.45, 2.75) is 109 Å². The van der Waals surface area contributed by atoms with Crippen LogP contribution < -0.4 is 5.73 Å². The van der Waals surface area contributed by atoms with Crippen molar-refractivity contribution in [1.29, 1.82) is 0 Å². The molecule has 4 N–H and O–H groups in total. The Morgan fingerprint density at radius 1 is 0.871 bits per heavy atom. The molecule has 0 radical (unpaired) electrons. The molecule has 0 aromatic rings. The number of rotatable bonds is 24. The van der Waals surface area contributed by atoms with Crippen molar-refractivity contribution in [3.63, 3.8) is 0 Å². The summed E-state index contributed by atoms with van der Waals surface area (Å²) in [4.78, 5) is 9.41. The predicted octanol–water partition coefficient (Wildman–Crippen LogP) is 5.84. The van der Waals surface area contributed by atoms with Crippen molar-refractivity contribution >= 4 is 7.82 Å². The van der Waals surface area contributed by atoms with Gasteiger partial charge in [0.1, 0.15) is 6.10 Å². The Morgan fingerprint density at radius 2 is 1.39 bits per heavy atom. The SMILES string of the molecule is CCCCCCCCCCCCCCCC/C=C/OC(CO)COP(=O)(O)OCCN. The number of phosphoric ester groups is 1. The highest BCUT2D eigenvalue weighted by Crippen LogP contribution is 2.42. The molecule has 0 bridgehead atoms. The van der Waals surface area contributed by atoms with E-state index in [0.717, 1.165) is 12.8 Å². The van der Waals surface area contributed by atoms with Crippen molar-refractivity contribution in [1.82, 2.24) is 0 Å². The normalized spacial score (nSPS) is 14.7. The number of hydrogen-bond acceptors (Lipinski definition) is 6. The van der Waals surface area contributed by atoms with E-state index in [1.807, 2.05) is 6.08 Å². The van der Waals surface area contributed by atoms with Gasteiger partial charge in [-0.15, -0.1) is 0 Å². The molecule has 0 fully saturated rings. The van der Waals surface area contributed by atoms with Gasteiger partial charge in [-0.25, -0.2) is 4.57 Å². The molecule has 0 rings (SSSR count). The van der Waals surface area contributed by atoms with Crippen LogP contribution in [0.3, 0.4) is 0 Å². The fraction of sp³-hybridized carbons (Fsp3) is 0.913. The van der Waals surface area contributed by atoms with Crippen LogP contribution >= 0.6 is 7.82 Å². The molecular formula is C23H48NO6P. The van der Waals surface area contributed by atoms with E-state index in [9.17, 15) is 14.6 Å². The van der Waals surface area contributed by atoms with Crippen LogP contribution in [0.15, 0.2) is 12.3 Å². The Kier molecular flexibility index (Phi) is 22.4. The third kappa shape index (κ3) is 22.6. The van der Waals surface area contributed by atoms with E-state index < -0.39 is 13.9 Å². The van der Waals surface area contributed by atoms with Crippen LogP contribution in [0, 0.1) is 0 Å². The van der Waals surface area contributed by atoms with Gasteiger partial charge in [0.05, 0.1) is 26.1 Å². The van der Waals surface area contributed by atoms with E-state index in [2.05, 4.69) is 11.4 Å². The molecule has 0 aromatic heterocycles. The van der Waals surface area contributed by atoms with Gasteiger partial charge < -0.3 is 20.5 Å². The first-order valence-electron chi connectivity index (χ1n) is 12.3. The first kappa shape index (κ1) is 30.6. The van der Waals surface area contributed by atoms with E-state index in [0.29, 0.717) is 0 Å². The molecule has 7 nitrogen and oxygen atoms in total. The summed E-state index contributed by atoms with van der Waals surface area (Å²) in [6.07, 6.45) is 22.4. The minimum absolute atomic E-state index is 0.0719. The van der Waals surface area contributed by atoms with E-state index in [1.165, 1.54) is 89.7 Å². The molecule has 2 unspecified atom stereocenters. The Hall–Kier alpha value is -0.430. The molecule has 0 aromatic carbocycles. The van der Waals surface area contributed by atoms with Gasteiger partial charge in [0, 0.05) is 6.54 Å². The van der Waals surface area contributed by atoms with Crippen LogP contribution in [-0.4, -0.2) is 42.5 Å². The number of hydrogen-bond donors (Lipinski definition) is 3. The summed E-state index contributed by atoms with van der Waals surface area (Å²) in [5, 5.41) is 9.26. The molecule has 8 heteroatoms. The standard InChI is InChI=1S/C23H48NO6P/c1-2-3-4-5-6-7-8-9-10-11-12-13-14-15-16-17-19-28-23(21-25)22-30-31(26,27)29-20-18-24/h17,19,23,25H,2-16,18,20-22,24H2,1H3,(H,26,27)/b19-17+. The zero-order chi connectivity index (χ0) is 23.0. The highest BCUT2D eigenvalue weighted by Gasteiger charge is 2.23. The zero-order valence-corrected chi connectivity index (χ0v) is 20.6. The molecule has 186 valence electrons. The van der Waals surface area contributed by atoms with Gasteiger partial charge in [-0.2, -0.15) is 0 Å². The summed E-state index contributed by atoms with van der Waals surface area (Å²) < 4.78 is 26.3. The van der Waals surface area contributed by atoms with Crippen LogP contribution in [0.4, 0.5) is 0 Å². The number of aliphatic hydroxyl groups excluding tert-OH is 1. The van der Waals surface area contributed by atoms with Crippen LogP contribution in [0.25, 0.3) is 0 Å². The maximum atomic E-state index is 11.5. The summed E-state index contributed by atoms with van der Waals surface area (Å²) in [6, 6.07) is 0. The highest BCUT2D eigenvalue weighted by atomic mass is 31.2. The maximum Gasteiger partial charge on any atom is 0.472 e. The Labute approximate surface area is 190 Å². The van der Waals surface area contributed by atoms with Gasteiger partial charge in [-0.3, -0.25) is 9.05 Å². The van der Waals surface area contributed by atoms with E-state index >= 15 is 0 Å². The van der Waals surface area contributed by atoms with Crippen molar-refractivity contribution in [2.24, 2.45) is 5.73 Å². The largest absolute Gasteiger partial charge is 0.494 e. The quantitative estimate of drug-likeness (QED) is 0.0932. The third-order valence-corrected chi connectivity index (χ3v) is 6.08. The number of allylic oxidation sites excluding steroid dienone is 1. The lowest BCUT2D eigenvalue weighted by molar-refractivity contribution is 0.0257. The highest BCUT2D eigenvalue weighted by molar-refractivity contribution is 7.47. The molecule has 31 heavy (non-hydrogen) atoms. The van der Waals surface area contributed by atoms with Crippen molar-refractivity contribution in [3.05, 3.63) is 12.3 Å². The number of ether oxygens (including phenoxy) is 1. The van der Waals surface area contributed by atoms with Gasteiger partial charge in [-0.1, -0.05) is 90.4 Å². The predicted molar refractivity (Wildman–Crippen MR) is 127 cm³/mol. The Bertz CT molecular complexity index is 450. The maximum absolute atomic E-state index is 11.5. The first-order valence-corrected chi connectivity index (χ1v) is 13.8. The topological polar surface area (TPSA) is 111 Å². The number of nitrogens with two attached hydrogens (primary N) is 1. The molecule has 0 aliphatic carbocycles. The number of phosphoric acid groups is 1. The smallest absolute Gasteiger partial charge is 0.472 e. The number of aliphatic hydroxyl groups is 1. The fourth-order valence-corrected chi connectivity index (χ4v) is 3.97. The van der Waals surface area contributed by atoms with Crippen molar-refractivity contribution in [2.75, 3.05) is 26.4 Å². The third-order valence-electron chi connectivity index (χ3n) is 5.09. The van der Waals surface area contributed by atoms with E-state index in [1.54, 1.807) is 0 Å². The van der Waals surface area contributed by atoms with E-state index in [4.69, 9.17) is 15.0 Å². The molecular weight excluding hydrogens is 417 g/mol.